The zero-order chi connectivity index (χ0) is 25.5. The summed E-state index contributed by atoms with van der Waals surface area (Å²) in [7, 11) is 0. The van der Waals surface area contributed by atoms with E-state index in [4.69, 9.17) is 19.9 Å². The van der Waals surface area contributed by atoms with Crippen LogP contribution >= 0.6 is 0 Å². The summed E-state index contributed by atoms with van der Waals surface area (Å²) in [6.45, 7) is -0.274. The van der Waals surface area contributed by atoms with Crippen molar-refractivity contribution in [3.63, 3.8) is 0 Å². The summed E-state index contributed by atoms with van der Waals surface area (Å²) in [5.41, 5.74) is 15.4. The van der Waals surface area contributed by atoms with E-state index in [1.807, 2.05) is 0 Å². The number of hydrogen-bond donors (Lipinski definition) is 1. The second kappa shape index (κ2) is 12.6. The number of nitrogens with zero attached hydrogens (tertiary/aromatic N) is 4. The van der Waals surface area contributed by atoms with Gasteiger partial charge in [0.25, 0.3) is 5.91 Å². The largest absolute Gasteiger partial charge is 1.00 e. The van der Waals surface area contributed by atoms with Gasteiger partial charge in [0.1, 0.15) is 24.3 Å². The molecule has 2 N–H and O–H groups in total. The van der Waals surface area contributed by atoms with E-state index >= 15 is 0 Å². The lowest BCUT2D eigenvalue weighted by molar-refractivity contribution is -0.765. The van der Waals surface area contributed by atoms with E-state index in [9.17, 15) is 19.9 Å². The minimum atomic E-state index is -1.11. The van der Waals surface area contributed by atoms with Crippen molar-refractivity contribution in [2.45, 2.75) is 24.5 Å². The molecule has 1 aliphatic heterocycles. The lowest BCUT2D eigenvalue weighted by Gasteiger charge is -2.18. The third-order valence-electron chi connectivity index (χ3n) is 5.54. The van der Waals surface area contributed by atoms with Gasteiger partial charge in [0.15, 0.2) is 12.4 Å². The van der Waals surface area contributed by atoms with Crippen LogP contribution in [0.25, 0.3) is 10.4 Å². The number of carbonyl (C=O) groups is 3. The number of esters is 2. The standard InChI is InChI=1S/C25H21N5O6.BrH/c26-22(31)18-12-7-13-30(14-18)23-21(36-25(33)17-10-5-2-6-11-17)20(28-29-27)19(35-23)15-34-24(32)16-8-3-1-4-9-16;/h1-14,19-21,23H,15H2,(H-,26,31);1H/t19-,20-,21-,23-;/m1./s1. The Hall–Kier alpha value is -4.25. The van der Waals surface area contributed by atoms with Crippen LogP contribution in [-0.2, 0) is 14.2 Å². The Morgan fingerprint density at radius 2 is 1.54 bits per heavy atom. The second-order valence-electron chi connectivity index (χ2n) is 7.87. The molecule has 0 unspecified atom stereocenters. The summed E-state index contributed by atoms with van der Waals surface area (Å²) < 4.78 is 18.7. The van der Waals surface area contributed by atoms with E-state index in [-0.39, 0.29) is 34.7 Å². The van der Waals surface area contributed by atoms with Crippen molar-refractivity contribution in [2.24, 2.45) is 10.8 Å². The predicted molar refractivity (Wildman–Crippen MR) is 124 cm³/mol. The quantitative estimate of drug-likeness (QED) is 0.130. The molecule has 11 nitrogen and oxygen atoms in total. The maximum Gasteiger partial charge on any atom is 0.338 e. The summed E-state index contributed by atoms with van der Waals surface area (Å²) in [4.78, 5) is 39.9. The van der Waals surface area contributed by atoms with Crippen molar-refractivity contribution in [3.8, 4) is 0 Å². The monoisotopic (exact) mass is 567 g/mol. The molecule has 1 saturated heterocycles. The van der Waals surface area contributed by atoms with Crippen molar-refractivity contribution in [1.29, 1.82) is 0 Å². The van der Waals surface area contributed by atoms with E-state index in [2.05, 4.69) is 10.0 Å². The van der Waals surface area contributed by atoms with E-state index in [1.165, 1.54) is 16.8 Å². The normalized spacial score (nSPS) is 20.1. The summed E-state index contributed by atoms with van der Waals surface area (Å²) in [6, 6.07) is 18.7. The van der Waals surface area contributed by atoms with Crippen molar-refractivity contribution in [1.82, 2.24) is 0 Å². The van der Waals surface area contributed by atoms with Gasteiger partial charge in [0.05, 0.1) is 11.1 Å². The highest BCUT2D eigenvalue weighted by Crippen LogP contribution is 2.32. The molecular weight excluding hydrogens is 546 g/mol. The van der Waals surface area contributed by atoms with Crippen LogP contribution in [0.4, 0.5) is 0 Å². The lowest BCUT2D eigenvalue weighted by atomic mass is 10.1. The van der Waals surface area contributed by atoms with Crippen molar-refractivity contribution in [3.05, 3.63) is 112 Å². The number of carbonyl (C=O) groups excluding carboxylic acids is 3. The third-order valence-corrected chi connectivity index (χ3v) is 5.54. The van der Waals surface area contributed by atoms with Crippen LogP contribution < -0.4 is 27.3 Å². The minimum absolute atomic E-state index is 0. The zero-order valence-corrected chi connectivity index (χ0v) is 20.9. The first-order valence-corrected chi connectivity index (χ1v) is 11.0. The topological polar surface area (TPSA) is 158 Å². The van der Waals surface area contributed by atoms with Gasteiger partial charge in [-0.3, -0.25) is 4.79 Å². The summed E-state index contributed by atoms with van der Waals surface area (Å²) >= 11 is 0. The van der Waals surface area contributed by atoms with Crippen LogP contribution in [-0.4, -0.2) is 42.7 Å². The van der Waals surface area contributed by atoms with Crippen LogP contribution in [0.5, 0.6) is 0 Å². The molecule has 4 rings (SSSR count). The maximum atomic E-state index is 12.9. The number of aromatic nitrogens is 1. The fourth-order valence-electron chi connectivity index (χ4n) is 3.80. The van der Waals surface area contributed by atoms with Crippen molar-refractivity contribution in [2.75, 3.05) is 6.61 Å². The van der Waals surface area contributed by atoms with Gasteiger partial charge in [-0.1, -0.05) is 41.5 Å². The van der Waals surface area contributed by atoms with Gasteiger partial charge >= 0.3 is 18.2 Å². The molecule has 1 aliphatic rings. The molecule has 4 atom stereocenters. The molecular formula is C25H22BrN5O6. The van der Waals surface area contributed by atoms with E-state index in [1.54, 1.807) is 72.9 Å². The Bertz CT molecular complexity index is 1300. The zero-order valence-electron chi connectivity index (χ0n) is 19.3. The molecule has 0 saturated carbocycles. The molecule has 0 aliphatic carbocycles. The summed E-state index contributed by atoms with van der Waals surface area (Å²) in [5, 5.41) is 3.80. The van der Waals surface area contributed by atoms with Gasteiger partial charge in [0, 0.05) is 11.0 Å². The first kappa shape index (κ1) is 27.3. The SMILES string of the molecule is [Br-].[N-]=[N+]=N[C@H]1[C@@H](OC(=O)c2ccccc2)[C@H]([n+]2cccc(C(N)=O)c2)O[C@@H]1COC(=O)c1ccccc1. The number of nitrogens with two attached hydrogens (primary N) is 1. The second-order valence-corrected chi connectivity index (χ2v) is 7.87. The highest BCUT2D eigenvalue weighted by molar-refractivity contribution is 5.92. The highest BCUT2D eigenvalue weighted by Gasteiger charge is 2.52. The predicted octanol–water partition coefficient (Wildman–Crippen LogP) is -0.264. The highest BCUT2D eigenvalue weighted by atomic mass is 79.9. The van der Waals surface area contributed by atoms with Crippen LogP contribution in [0.15, 0.2) is 90.3 Å². The van der Waals surface area contributed by atoms with Gasteiger partial charge in [-0.05, 0) is 35.9 Å². The molecule has 2 heterocycles. The molecule has 1 amide bonds. The van der Waals surface area contributed by atoms with Gasteiger partial charge < -0.3 is 36.9 Å². The van der Waals surface area contributed by atoms with Gasteiger partial charge in [0.2, 0.25) is 6.10 Å². The molecule has 1 aromatic heterocycles. The Morgan fingerprint density at radius 1 is 0.946 bits per heavy atom. The summed E-state index contributed by atoms with van der Waals surface area (Å²) in [5.74, 6) is -1.93. The smallest absolute Gasteiger partial charge is 0.338 e. The average molecular weight is 568 g/mol. The Labute approximate surface area is 222 Å². The third kappa shape index (κ3) is 6.50. The maximum absolute atomic E-state index is 12.9. The minimum Gasteiger partial charge on any atom is -1.00 e. The van der Waals surface area contributed by atoms with Crippen LogP contribution in [0, 0.1) is 0 Å². The van der Waals surface area contributed by atoms with Crippen LogP contribution in [0.2, 0.25) is 0 Å². The number of hydrogen-bond acceptors (Lipinski definition) is 7. The van der Waals surface area contributed by atoms with Crippen molar-refractivity contribution >= 4 is 17.8 Å². The Morgan fingerprint density at radius 3 is 2.14 bits per heavy atom. The van der Waals surface area contributed by atoms with Crippen LogP contribution in [0.1, 0.15) is 37.3 Å². The van der Waals surface area contributed by atoms with Crippen LogP contribution in [0.3, 0.4) is 0 Å². The molecule has 1 fully saturated rings. The number of primary amides is 1. The summed E-state index contributed by atoms with van der Waals surface area (Å²) in [6.07, 6.45) is -0.0414. The fourth-order valence-corrected chi connectivity index (χ4v) is 3.80. The number of ether oxygens (including phenoxy) is 3. The lowest BCUT2D eigenvalue weighted by Crippen LogP contribution is -3.00. The van der Waals surface area contributed by atoms with E-state index < -0.39 is 42.3 Å². The first-order valence-electron chi connectivity index (χ1n) is 11.0. The molecule has 190 valence electrons. The molecule has 37 heavy (non-hydrogen) atoms. The number of amides is 1. The van der Waals surface area contributed by atoms with Gasteiger partial charge in [-0.15, -0.1) is 0 Å². The molecule has 0 bridgehead atoms. The fraction of sp³-hybridized carbons (Fsp3) is 0.200. The first-order chi connectivity index (χ1) is 17.5. The molecule has 0 radical (unpaired) electrons. The average Bonchev–Trinajstić information content (AvgIpc) is 3.25. The number of benzene rings is 2. The van der Waals surface area contributed by atoms with E-state index in [0.29, 0.717) is 5.56 Å². The van der Waals surface area contributed by atoms with Gasteiger partial charge in [-0.25, -0.2) is 9.59 Å². The molecule has 2 aromatic carbocycles. The van der Waals surface area contributed by atoms with E-state index in [0.717, 1.165) is 0 Å². The number of halogens is 1. The van der Waals surface area contributed by atoms with Crippen molar-refractivity contribution < 1.29 is 50.1 Å². The number of pyridine rings is 1. The molecule has 12 heteroatoms. The van der Waals surface area contributed by atoms with Gasteiger partial charge in [-0.2, -0.15) is 4.57 Å². The molecule has 0 spiro atoms. The molecule has 3 aromatic rings. The number of rotatable bonds is 8. The Kier molecular flexibility index (Phi) is 9.33. The number of azide groups is 1. The Balaban J connectivity index is 0.00000380.